The van der Waals surface area contributed by atoms with Crippen molar-refractivity contribution in [3.05, 3.63) is 29.8 Å². The second kappa shape index (κ2) is 6.18. The molecule has 0 amide bonds. The van der Waals surface area contributed by atoms with Gasteiger partial charge in [0.15, 0.2) is 0 Å². The Balaban J connectivity index is 2.01. The average Bonchev–Trinajstić information content (AvgIpc) is 2.39. The third-order valence-electron chi connectivity index (χ3n) is 3.42. The zero-order chi connectivity index (χ0) is 13.0. The van der Waals surface area contributed by atoms with E-state index < -0.39 is 0 Å². The Hall–Kier alpha value is -1.10. The predicted octanol–water partition coefficient (Wildman–Crippen LogP) is 0.989. The molecule has 1 heterocycles. The number of nitrogens with two attached hydrogens (primary N) is 1. The lowest BCUT2D eigenvalue weighted by molar-refractivity contribution is 0.220. The van der Waals surface area contributed by atoms with Crippen molar-refractivity contribution in [1.82, 2.24) is 10.2 Å². The van der Waals surface area contributed by atoms with Crippen LogP contribution in [0.3, 0.4) is 0 Å². The number of likely N-dealkylation sites (N-methyl/N-ethyl adjacent to an activating group) is 1. The van der Waals surface area contributed by atoms with Gasteiger partial charge in [-0.25, -0.2) is 0 Å². The molecule has 2 atom stereocenters. The Labute approximate surface area is 109 Å². The molecule has 0 radical (unpaired) electrons. The normalized spacial score (nSPS) is 22.7. The Morgan fingerprint density at radius 3 is 2.78 bits per heavy atom. The number of nitrogens with zero attached hydrogens (tertiary/aromatic N) is 1. The lowest BCUT2D eigenvalue weighted by Crippen LogP contribution is -2.53. The number of benzene rings is 1. The zero-order valence-corrected chi connectivity index (χ0v) is 11.2. The zero-order valence-electron chi connectivity index (χ0n) is 11.2. The largest absolute Gasteiger partial charge is 0.494 e. The molecule has 0 aromatic heterocycles. The van der Waals surface area contributed by atoms with Crippen molar-refractivity contribution < 1.29 is 4.74 Å². The van der Waals surface area contributed by atoms with Gasteiger partial charge in [0, 0.05) is 31.7 Å². The molecule has 1 aromatic rings. The van der Waals surface area contributed by atoms with Gasteiger partial charge >= 0.3 is 0 Å². The lowest BCUT2D eigenvalue weighted by atomic mass is 9.98. The van der Waals surface area contributed by atoms with Crippen molar-refractivity contribution in [2.45, 2.75) is 19.0 Å². The van der Waals surface area contributed by atoms with Crippen LogP contribution in [0, 0.1) is 0 Å². The van der Waals surface area contributed by atoms with Gasteiger partial charge in [0.25, 0.3) is 0 Å². The Bertz CT molecular complexity index is 366. The summed E-state index contributed by atoms with van der Waals surface area (Å²) in [4.78, 5) is 2.32. The van der Waals surface area contributed by atoms with E-state index in [1.807, 2.05) is 19.1 Å². The van der Waals surface area contributed by atoms with Crippen LogP contribution in [-0.4, -0.2) is 44.2 Å². The fraction of sp³-hybridized carbons (Fsp3) is 0.571. The van der Waals surface area contributed by atoms with Crippen LogP contribution in [0.5, 0.6) is 5.75 Å². The minimum Gasteiger partial charge on any atom is -0.494 e. The molecule has 1 fully saturated rings. The molecular weight excluding hydrogens is 226 g/mol. The molecule has 4 nitrogen and oxygen atoms in total. The summed E-state index contributed by atoms with van der Waals surface area (Å²) >= 11 is 0. The Morgan fingerprint density at radius 1 is 1.44 bits per heavy atom. The van der Waals surface area contributed by atoms with Gasteiger partial charge in [0.1, 0.15) is 5.75 Å². The maximum Gasteiger partial charge on any atom is 0.119 e. The highest BCUT2D eigenvalue weighted by molar-refractivity contribution is 5.30. The van der Waals surface area contributed by atoms with Crippen molar-refractivity contribution in [3.63, 3.8) is 0 Å². The van der Waals surface area contributed by atoms with E-state index in [1.54, 1.807) is 0 Å². The van der Waals surface area contributed by atoms with Gasteiger partial charge in [-0.15, -0.1) is 0 Å². The predicted molar refractivity (Wildman–Crippen MR) is 73.8 cm³/mol. The molecule has 0 aliphatic carbocycles. The first kappa shape index (κ1) is 13.3. The highest BCUT2D eigenvalue weighted by atomic mass is 16.5. The van der Waals surface area contributed by atoms with Crippen molar-refractivity contribution in [1.29, 1.82) is 0 Å². The molecule has 18 heavy (non-hydrogen) atoms. The monoisotopic (exact) mass is 249 g/mol. The van der Waals surface area contributed by atoms with E-state index in [2.05, 4.69) is 29.4 Å². The van der Waals surface area contributed by atoms with Gasteiger partial charge in [-0.05, 0) is 31.7 Å². The molecule has 0 spiro atoms. The summed E-state index contributed by atoms with van der Waals surface area (Å²) in [6, 6.07) is 8.46. The molecule has 0 saturated carbocycles. The van der Waals surface area contributed by atoms with Crippen LogP contribution in [-0.2, 0) is 0 Å². The van der Waals surface area contributed by atoms with Crippen LogP contribution in [0.1, 0.15) is 18.5 Å². The molecule has 0 bridgehead atoms. The summed E-state index contributed by atoms with van der Waals surface area (Å²) in [6.45, 7) is 5.77. The van der Waals surface area contributed by atoms with Crippen LogP contribution in [0.2, 0.25) is 0 Å². The summed E-state index contributed by atoms with van der Waals surface area (Å²) in [5.74, 6) is 0.905. The van der Waals surface area contributed by atoms with E-state index in [-0.39, 0.29) is 6.04 Å². The van der Waals surface area contributed by atoms with E-state index in [1.165, 1.54) is 0 Å². The van der Waals surface area contributed by atoms with Crippen molar-refractivity contribution in [2.24, 2.45) is 5.73 Å². The molecule has 3 N–H and O–H groups in total. The summed E-state index contributed by atoms with van der Waals surface area (Å²) in [7, 11) is 2.14. The van der Waals surface area contributed by atoms with Gasteiger partial charge in [-0.2, -0.15) is 0 Å². The molecule has 100 valence electrons. The first-order chi connectivity index (χ1) is 8.70. The van der Waals surface area contributed by atoms with E-state index in [0.717, 1.165) is 30.9 Å². The van der Waals surface area contributed by atoms with E-state index in [4.69, 9.17) is 10.5 Å². The van der Waals surface area contributed by atoms with E-state index in [9.17, 15) is 0 Å². The molecule has 2 rings (SSSR count). The average molecular weight is 249 g/mol. The van der Waals surface area contributed by atoms with E-state index >= 15 is 0 Å². The SMILES string of the molecule is CCOc1ccc(C(N)C2CN(C)CCN2)cc1. The Kier molecular flexibility index (Phi) is 4.58. The summed E-state index contributed by atoms with van der Waals surface area (Å²) in [5.41, 5.74) is 7.48. The minimum absolute atomic E-state index is 0.0310. The van der Waals surface area contributed by atoms with Crippen molar-refractivity contribution in [3.8, 4) is 5.75 Å². The second-order valence-corrected chi connectivity index (χ2v) is 4.85. The smallest absolute Gasteiger partial charge is 0.119 e. The fourth-order valence-corrected chi connectivity index (χ4v) is 2.36. The van der Waals surface area contributed by atoms with Crippen LogP contribution in [0.25, 0.3) is 0 Å². The third-order valence-corrected chi connectivity index (χ3v) is 3.42. The molecule has 1 aliphatic rings. The van der Waals surface area contributed by atoms with Gasteiger partial charge in [0.05, 0.1) is 6.61 Å². The quantitative estimate of drug-likeness (QED) is 0.835. The van der Waals surface area contributed by atoms with Gasteiger partial charge < -0.3 is 20.7 Å². The fourth-order valence-electron chi connectivity index (χ4n) is 2.36. The molecule has 1 aliphatic heterocycles. The molecule has 1 saturated heterocycles. The topological polar surface area (TPSA) is 50.5 Å². The molecule has 1 aromatic carbocycles. The number of nitrogens with one attached hydrogen (secondary N) is 1. The highest BCUT2D eigenvalue weighted by Crippen LogP contribution is 2.20. The van der Waals surface area contributed by atoms with Crippen LogP contribution >= 0.6 is 0 Å². The third kappa shape index (κ3) is 3.22. The van der Waals surface area contributed by atoms with Gasteiger partial charge in [-0.3, -0.25) is 0 Å². The molecule has 2 unspecified atom stereocenters. The number of rotatable bonds is 4. The maximum absolute atomic E-state index is 6.33. The minimum atomic E-state index is 0.0310. The van der Waals surface area contributed by atoms with E-state index in [0.29, 0.717) is 12.6 Å². The van der Waals surface area contributed by atoms with Crippen LogP contribution in [0.15, 0.2) is 24.3 Å². The first-order valence-corrected chi connectivity index (χ1v) is 6.61. The number of ether oxygens (including phenoxy) is 1. The van der Waals surface area contributed by atoms with Gasteiger partial charge in [-0.1, -0.05) is 12.1 Å². The number of hydrogen-bond donors (Lipinski definition) is 2. The second-order valence-electron chi connectivity index (χ2n) is 4.85. The standard InChI is InChI=1S/C14H23N3O/c1-3-18-12-6-4-11(5-7-12)14(15)13-10-17(2)9-8-16-13/h4-7,13-14,16H,3,8-10,15H2,1-2H3. The Morgan fingerprint density at radius 2 is 2.17 bits per heavy atom. The highest BCUT2D eigenvalue weighted by Gasteiger charge is 2.23. The molecule has 4 heteroatoms. The summed E-state index contributed by atoms with van der Waals surface area (Å²) in [6.07, 6.45) is 0. The van der Waals surface area contributed by atoms with Gasteiger partial charge in [0.2, 0.25) is 0 Å². The maximum atomic E-state index is 6.33. The summed E-state index contributed by atoms with van der Waals surface area (Å²) < 4.78 is 5.44. The van der Waals surface area contributed by atoms with Crippen LogP contribution < -0.4 is 15.8 Å². The summed E-state index contributed by atoms with van der Waals surface area (Å²) in [5, 5.41) is 3.49. The first-order valence-electron chi connectivity index (χ1n) is 6.61. The lowest BCUT2D eigenvalue weighted by Gasteiger charge is -2.34. The number of piperazine rings is 1. The van der Waals surface area contributed by atoms with Crippen LogP contribution in [0.4, 0.5) is 0 Å². The van der Waals surface area contributed by atoms with Crippen molar-refractivity contribution in [2.75, 3.05) is 33.3 Å². The molecular formula is C14H23N3O. The van der Waals surface area contributed by atoms with Crippen molar-refractivity contribution >= 4 is 0 Å². The number of hydrogen-bond acceptors (Lipinski definition) is 4.